The van der Waals surface area contributed by atoms with E-state index in [-0.39, 0.29) is 12.8 Å². The van der Waals surface area contributed by atoms with Crippen LogP contribution in [0.3, 0.4) is 0 Å². The minimum atomic E-state index is -1.72. The summed E-state index contributed by atoms with van der Waals surface area (Å²) >= 11 is 0. The summed E-state index contributed by atoms with van der Waals surface area (Å²) in [5.41, 5.74) is -2.62. The number of carbonyl (C=O) groups is 1. The molecule has 1 aliphatic rings. The summed E-state index contributed by atoms with van der Waals surface area (Å²) in [5.74, 6) is -0.436. The van der Waals surface area contributed by atoms with Gasteiger partial charge in [0.2, 0.25) is 0 Å². The summed E-state index contributed by atoms with van der Waals surface area (Å²) in [6.45, 7) is 2.45. The van der Waals surface area contributed by atoms with Crippen molar-refractivity contribution in [3.8, 4) is 0 Å². The van der Waals surface area contributed by atoms with E-state index in [9.17, 15) is 24.6 Å². The van der Waals surface area contributed by atoms with Crippen molar-refractivity contribution >= 4 is 5.78 Å². The van der Waals surface area contributed by atoms with Crippen molar-refractivity contribution in [3.63, 3.8) is 0 Å². The monoisotopic (exact) mass is 298 g/mol. The molecule has 1 aromatic rings. The molecule has 0 radical (unpaired) electrons. The fraction of sp³-hybridized carbons (Fsp3) is 0.615. The van der Waals surface area contributed by atoms with Crippen LogP contribution in [0.25, 0.3) is 0 Å². The maximum absolute atomic E-state index is 12.0. The number of ether oxygens (including phenoxy) is 1. The van der Waals surface area contributed by atoms with Gasteiger partial charge in [-0.25, -0.2) is 4.79 Å². The van der Waals surface area contributed by atoms with Crippen molar-refractivity contribution in [1.29, 1.82) is 0 Å². The minimum Gasteiger partial charge on any atom is -0.393 e. The third-order valence-corrected chi connectivity index (χ3v) is 3.79. The van der Waals surface area contributed by atoms with Crippen LogP contribution < -0.4 is 11.2 Å². The lowest BCUT2D eigenvalue weighted by Crippen LogP contribution is -2.50. The number of ketones is 1. The number of carbonyl (C=O) groups excluding carboxylic acids is 1. The Morgan fingerprint density at radius 3 is 2.81 bits per heavy atom. The highest BCUT2D eigenvalue weighted by molar-refractivity contribution is 5.88. The van der Waals surface area contributed by atoms with E-state index in [1.54, 1.807) is 6.92 Å². The quantitative estimate of drug-likeness (QED) is 0.644. The van der Waals surface area contributed by atoms with Crippen molar-refractivity contribution in [3.05, 3.63) is 32.6 Å². The van der Waals surface area contributed by atoms with Crippen LogP contribution in [0.4, 0.5) is 0 Å². The molecule has 2 rings (SSSR count). The number of hydrogen-bond acceptors (Lipinski definition) is 6. The zero-order valence-corrected chi connectivity index (χ0v) is 11.8. The van der Waals surface area contributed by atoms with E-state index < -0.39 is 41.6 Å². The SMILES string of the molecule is CCC(=O)[C@]1(CO)O[C@@H](n2cc(C)c(=O)[nH]c2=O)C[C@@H]1O. The third-order valence-electron chi connectivity index (χ3n) is 3.79. The van der Waals surface area contributed by atoms with Gasteiger partial charge in [-0.15, -0.1) is 0 Å². The first-order chi connectivity index (χ1) is 9.85. The van der Waals surface area contributed by atoms with Gasteiger partial charge in [-0.1, -0.05) is 6.92 Å². The maximum Gasteiger partial charge on any atom is 0.330 e. The molecule has 1 aliphatic heterocycles. The van der Waals surface area contributed by atoms with Crippen LogP contribution in [-0.2, 0) is 9.53 Å². The van der Waals surface area contributed by atoms with Gasteiger partial charge >= 0.3 is 5.69 Å². The predicted octanol–water partition coefficient (Wildman–Crippen LogP) is -1.16. The highest BCUT2D eigenvalue weighted by Gasteiger charge is 2.53. The van der Waals surface area contributed by atoms with Crippen LogP contribution in [0.5, 0.6) is 0 Å². The third kappa shape index (κ3) is 2.45. The van der Waals surface area contributed by atoms with Crippen molar-refractivity contribution in [2.45, 2.75) is 44.6 Å². The van der Waals surface area contributed by atoms with E-state index in [4.69, 9.17) is 4.74 Å². The number of Topliss-reactive ketones (excluding diaryl/α,β-unsaturated/α-hetero) is 1. The van der Waals surface area contributed by atoms with Crippen LogP contribution in [0, 0.1) is 6.92 Å². The van der Waals surface area contributed by atoms with Crippen molar-refractivity contribution < 1.29 is 19.7 Å². The Morgan fingerprint density at radius 1 is 1.57 bits per heavy atom. The Balaban J connectivity index is 2.42. The molecule has 21 heavy (non-hydrogen) atoms. The standard InChI is InChI=1S/C13H18N2O6/c1-3-8(17)13(6-16)9(18)4-10(21-13)15-5-7(2)11(19)14-12(15)20/h5,9-10,16,18H,3-4,6H2,1-2H3,(H,14,19,20)/t9-,10+,13-/m0/s1. The number of aliphatic hydroxyl groups is 2. The second-order valence-electron chi connectivity index (χ2n) is 5.13. The molecule has 3 atom stereocenters. The molecule has 0 saturated carbocycles. The highest BCUT2D eigenvalue weighted by Crippen LogP contribution is 2.37. The van der Waals surface area contributed by atoms with Crippen molar-refractivity contribution in [1.82, 2.24) is 9.55 Å². The molecule has 0 aromatic carbocycles. The Hall–Kier alpha value is -1.77. The molecule has 0 bridgehead atoms. The van der Waals surface area contributed by atoms with E-state index in [0.29, 0.717) is 5.56 Å². The van der Waals surface area contributed by atoms with Crippen LogP contribution in [0.2, 0.25) is 0 Å². The maximum atomic E-state index is 12.0. The van der Waals surface area contributed by atoms with Gasteiger partial charge < -0.3 is 14.9 Å². The Labute approximate surface area is 120 Å². The Morgan fingerprint density at radius 2 is 2.24 bits per heavy atom. The van der Waals surface area contributed by atoms with Crippen LogP contribution >= 0.6 is 0 Å². The summed E-state index contributed by atoms with van der Waals surface area (Å²) in [7, 11) is 0. The normalized spacial score (nSPS) is 28.8. The van der Waals surface area contributed by atoms with E-state index in [2.05, 4.69) is 4.98 Å². The predicted molar refractivity (Wildman–Crippen MR) is 71.9 cm³/mol. The molecular formula is C13H18N2O6. The molecule has 1 aromatic heterocycles. The number of aromatic nitrogens is 2. The highest BCUT2D eigenvalue weighted by atomic mass is 16.6. The molecule has 2 heterocycles. The molecule has 1 saturated heterocycles. The molecule has 0 aliphatic carbocycles. The topological polar surface area (TPSA) is 122 Å². The number of nitrogens with one attached hydrogen (secondary N) is 1. The lowest BCUT2D eigenvalue weighted by atomic mass is 9.91. The summed E-state index contributed by atoms with van der Waals surface area (Å²) in [5, 5.41) is 19.6. The molecule has 0 unspecified atom stereocenters. The number of aliphatic hydroxyl groups excluding tert-OH is 2. The lowest BCUT2D eigenvalue weighted by molar-refractivity contribution is -0.164. The molecule has 0 amide bonds. The number of nitrogens with zero attached hydrogens (tertiary/aromatic N) is 1. The van der Waals surface area contributed by atoms with E-state index in [0.717, 1.165) is 4.57 Å². The van der Waals surface area contributed by atoms with Gasteiger partial charge in [-0.3, -0.25) is 19.1 Å². The van der Waals surface area contributed by atoms with Crippen LogP contribution in [0.15, 0.2) is 15.8 Å². The first-order valence-electron chi connectivity index (χ1n) is 6.67. The molecular weight excluding hydrogens is 280 g/mol. The van der Waals surface area contributed by atoms with Gasteiger partial charge in [0.15, 0.2) is 11.4 Å². The first kappa shape index (κ1) is 15.6. The van der Waals surface area contributed by atoms with E-state index >= 15 is 0 Å². The van der Waals surface area contributed by atoms with Gasteiger partial charge in [-0.2, -0.15) is 0 Å². The van der Waals surface area contributed by atoms with Crippen molar-refractivity contribution in [2.75, 3.05) is 6.61 Å². The molecule has 1 fully saturated rings. The van der Waals surface area contributed by atoms with Gasteiger partial charge in [0.25, 0.3) is 5.56 Å². The van der Waals surface area contributed by atoms with Crippen LogP contribution in [-0.4, -0.2) is 43.9 Å². The number of rotatable bonds is 4. The average molecular weight is 298 g/mol. The lowest BCUT2D eigenvalue weighted by Gasteiger charge is -2.28. The van der Waals surface area contributed by atoms with Crippen molar-refractivity contribution in [2.24, 2.45) is 0 Å². The first-order valence-corrected chi connectivity index (χ1v) is 6.67. The van der Waals surface area contributed by atoms with E-state index in [1.165, 1.54) is 13.1 Å². The van der Waals surface area contributed by atoms with Gasteiger partial charge in [0, 0.05) is 24.6 Å². The average Bonchev–Trinajstić information content (AvgIpc) is 2.79. The second-order valence-corrected chi connectivity index (χ2v) is 5.13. The summed E-state index contributed by atoms with van der Waals surface area (Å²) < 4.78 is 6.63. The largest absolute Gasteiger partial charge is 0.393 e. The molecule has 116 valence electrons. The molecule has 0 spiro atoms. The minimum absolute atomic E-state index is 0.0301. The zero-order valence-electron chi connectivity index (χ0n) is 11.8. The Kier molecular flexibility index (Phi) is 4.13. The van der Waals surface area contributed by atoms with Gasteiger partial charge in [0.1, 0.15) is 6.23 Å². The summed E-state index contributed by atoms with van der Waals surface area (Å²) in [6.07, 6.45) is -0.783. The number of aromatic amines is 1. The molecule has 3 N–H and O–H groups in total. The van der Waals surface area contributed by atoms with E-state index in [1.807, 2.05) is 0 Å². The second kappa shape index (κ2) is 5.55. The van der Waals surface area contributed by atoms with Gasteiger partial charge in [-0.05, 0) is 6.92 Å². The number of H-pyrrole nitrogens is 1. The fourth-order valence-electron chi connectivity index (χ4n) is 2.50. The number of aryl methyl sites for hydroxylation is 1. The zero-order chi connectivity index (χ0) is 15.8. The Bertz CT molecular complexity index is 663. The molecule has 8 heteroatoms. The fourth-order valence-corrected chi connectivity index (χ4v) is 2.50. The smallest absolute Gasteiger partial charge is 0.330 e. The molecule has 8 nitrogen and oxygen atoms in total. The summed E-state index contributed by atoms with van der Waals surface area (Å²) in [4.78, 5) is 37.3. The van der Waals surface area contributed by atoms with Crippen LogP contribution in [0.1, 0.15) is 31.6 Å². The number of hydrogen-bond donors (Lipinski definition) is 3. The summed E-state index contributed by atoms with van der Waals surface area (Å²) in [6, 6.07) is 0. The van der Waals surface area contributed by atoms with Gasteiger partial charge in [0.05, 0.1) is 12.7 Å².